The Bertz CT molecular complexity index is 434. The standard InChI is InChI=1S/C17H32N4/c1-6-17(7-2)13-18-16(14(3)4)12-21(17)11-9-15-8-10-19-20(15)5/h8,10,14,16,18H,6-7,9,11-13H2,1-5H3. The number of aryl methyl sites for hydroxylation is 1. The van der Waals surface area contributed by atoms with E-state index in [0.29, 0.717) is 17.5 Å². The van der Waals surface area contributed by atoms with E-state index in [-0.39, 0.29) is 0 Å². The number of nitrogens with zero attached hydrogens (tertiary/aromatic N) is 3. The Morgan fingerprint density at radius 1 is 1.38 bits per heavy atom. The number of nitrogens with one attached hydrogen (secondary N) is 1. The quantitative estimate of drug-likeness (QED) is 0.874. The van der Waals surface area contributed by atoms with E-state index in [2.05, 4.69) is 49.1 Å². The van der Waals surface area contributed by atoms with Crippen molar-refractivity contribution in [3.8, 4) is 0 Å². The van der Waals surface area contributed by atoms with E-state index in [1.807, 2.05) is 17.9 Å². The maximum Gasteiger partial charge on any atom is 0.0492 e. The van der Waals surface area contributed by atoms with Crippen LogP contribution in [-0.4, -0.2) is 45.9 Å². The Morgan fingerprint density at radius 2 is 2.10 bits per heavy atom. The molecule has 0 aliphatic carbocycles. The molecule has 0 aromatic carbocycles. The van der Waals surface area contributed by atoms with E-state index in [0.717, 1.165) is 26.1 Å². The second kappa shape index (κ2) is 6.93. The van der Waals surface area contributed by atoms with Gasteiger partial charge in [-0.25, -0.2) is 0 Å². The van der Waals surface area contributed by atoms with Crippen molar-refractivity contribution >= 4 is 0 Å². The van der Waals surface area contributed by atoms with Gasteiger partial charge in [-0.15, -0.1) is 0 Å². The lowest BCUT2D eigenvalue weighted by molar-refractivity contribution is 0.0230. The first-order valence-electron chi connectivity index (χ1n) is 8.47. The minimum Gasteiger partial charge on any atom is -0.311 e. The van der Waals surface area contributed by atoms with E-state index < -0.39 is 0 Å². The SMILES string of the molecule is CCC1(CC)CNC(C(C)C)CN1CCc1ccnn1C. The molecule has 0 spiro atoms. The third kappa shape index (κ3) is 3.49. The molecule has 0 amide bonds. The van der Waals surface area contributed by atoms with E-state index in [1.165, 1.54) is 18.5 Å². The lowest BCUT2D eigenvalue weighted by atomic mass is 9.85. The zero-order chi connectivity index (χ0) is 15.5. The van der Waals surface area contributed by atoms with Gasteiger partial charge in [0.2, 0.25) is 0 Å². The minimum atomic E-state index is 0.323. The molecule has 1 fully saturated rings. The number of hydrogen-bond donors (Lipinski definition) is 1. The predicted octanol–water partition coefficient (Wildman–Crippen LogP) is 2.45. The third-order valence-electron chi connectivity index (χ3n) is 5.46. The van der Waals surface area contributed by atoms with Gasteiger partial charge in [-0.1, -0.05) is 27.7 Å². The molecular formula is C17H32N4. The van der Waals surface area contributed by atoms with Crippen molar-refractivity contribution in [3.63, 3.8) is 0 Å². The Morgan fingerprint density at radius 3 is 2.62 bits per heavy atom. The first-order chi connectivity index (χ1) is 10.0. The second-order valence-corrected chi connectivity index (χ2v) is 6.81. The first kappa shape index (κ1) is 16.5. The van der Waals surface area contributed by atoms with Crippen LogP contribution in [0.3, 0.4) is 0 Å². The fourth-order valence-corrected chi connectivity index (χ4v) is 3.55. The molecule has 1 aromatic rings. The van der Waals surface area contributed by atoms with Crippen LogP contribution >= 0.6 is 0 Å². The van der Waals surface area contributed by atoms with E-state index in [4.69, 9.17) is 0 Å². The molecule has 1 N–H and O–H groups in total. The molecule has 4 heteroatoms. The molecule has 21 heavy (non-hydrogen) atoms. The molecule has 2 rings (SSSR count). The van der Waals surface area contributed by atoms with Crippen LogP contribution in [0.15, 0.2) is 12.3 Å². The van der Waals surface area contributed by atoms with Gasteiger partial charge in [0.05, 0.1) is 0 Å². The maximum absolute atomic E-state index is 4.29. The minimum absolute atomic E-state index is 0.323. The summed E-state index contributed by atoms with van der Waals surface area (Å²) in [5, 5.41) is 8.07. The highest BCUT2D eigenvalue weighted by atomic mass is 15.3. The van der Waals surface area contributed by atoms with Crippen LogP contribution in [0.1, 0.15) is 46.2 Å². The topological polar surface area (TPSA) is 33.1 Å². The van der Waals surface area contributed by atoms with Gasteiger partial charge >= 0.3 is 0 Å². The number of hydrogen-bond acceptors (Lipinski definition) is 3. The van der Waals surface area contributed by atoms with Crippen LogP contribution < -0.4 is 5.32 Å². The summed E-state index contributed by atoms with van der Waals surface area (Å²) < 4.78 is 2.00. The summed E-state index contributed by atoms with van der Waals surface area (Å²) in [4.78, 5) is 2.74. The number of rotatable bonds is 6. The van der Waals surface area contributed by atoms with Crippen molar-refractivity contribution in [2.75, 3.05) is 19.6 Å². The summed E-state index contributed by atoms with van der Waals surface area (Å²) >= 11 is 0. The van der Waals surface area contributed by atoms with Crippen molar-refractivity contribution in [2.45, 2.75) is 58.5 Å². The van der Waals surface area contributed by atoms with E-state index in [1.54, 1.807) is 0 Å². The lowest BCUT2D eigenvalue weighted by Crippen LogP contribution is -2.65. The monoisotopic (exact) mass is 292 g/mol. The smallest absolute Gasteiger partial charge is 0.0492 e. The van der Waals surface area contributed by atoms with Crippen LogP contribution in [0, 0.1) is 5.92 Å². The van der Waals surface area contributed by atoms with Gasteiger partial charge in [0, 0.05) is 56.6 Å². The molecule has 1 aliphatic rings. The summed E-state index contributed by atoms with van der Waals surface area (Å²) in [5.74, 6) is 0.691. The normalized spacial score (nSPS) is 22.9. The summed E-state index contributed by atoms with van der Waals surface area (Å²) in [6, 6.07) is 2.75. The Labute approximate surface area is 129 Å². The Balaban J connectivity index is 2.07. The molecule has 1 aliphatic heterocycles. The molecule has 1 atom stereocenters. The van der Waals surface area contributed by atoms with Crippen molar-refractivity contribution in [3.05, 3.63) is 18.0 Å². The van der Waals surface area contributed by atoms with E-state index in [9.17, 15) is 0 Å². The fraction of sp³-hybridized carbons (Fsp3) is 0.824. The van der Waals surface area contributed by atoms with Gasteiger partial charge in [0.1, 0.15) is 0 Å². The molecule has 0 saturated carbocycles. The molecule has 1 aromatic heterocycles. The van der Waals surface area contributed by atoms with E-state index >= 15 is 0 Å². The maximum atomic E-state index is 4.29. The molecule has 0 radical (unpaired) electrons. The highest BCUT2D eigenvalue weighted by molar-refractivity contribution is 5.03. The van der Waals surface area contributed by atoms with Crippen molar-refractivity contribution in [1.29, 1.82) is 0 Å². The third-order valence-corrected chi connectivity index (χ3v) is 5.46. The van der Waals surface area contributed by atoms with Crippen LogP contribution in [0.2, 0.25) is 0 Å². The Kier molecular flexibility index (Phi) is 5.44. The average Bonchev–Trinajstić information content (AvgIpc) is 2.90. The highest BCUT2D eigenvalue weighted by Gasteiger charge is 2.39. The zero-order valence-corrected chi connectivity index (χ0v) is 14.4. The van der Waals surface area contributed by atoms with Gasteiger partial charge in [-0.2, -0.15) is 5.10 Å². The summed E-state index contributed by atoms with van der Waals surface area (Å²) in [7, 11) is 2.04. The summed E-state index contributed by atoms with van der Waals surface area (Å²) in [5.41, 5.74) is 1.65. The number of piperazine rings is 1. The van der Waals surface area contributed by atoms with Crippen molar-refractivity contribution < 1.29 is 0 Å². The molecular weight excluding hydrogens is 260 g/mol. The van der Waals surface area contributed by atoms with Crippen molar-refractivity contribution in [1.82, 2.24) is 20.0 Å². The van der Waals surface area contributed by atoms with Crippen LogP contribution in [0.25, 0.3) is 0 Å². The molecule has 2 heterocycles. The molecule has 1 unspecified atom stereocenters. The van der Waals surface area contributed by atoms with Crippen molar-refractivity contribution in [2.24, 2.45) is 13.0 Å². The lowest BCUT2D eigenvalue weighted by Gasteiger charge is -2.50. The fourth-order valence-electron chi connectivity index (χ4n) is 3.55. The average molecular weight is 292 g/mol. The Hall–Kier alpha value is -0.870. The number of aromatic nitrogens is 2. The van der Waals surface area contributed by atoms with Crippen LogP contribution in [-0.2, 0) is 13.5 Å². The second-order valence-electron chi connectivity index (χ2n) is 6.81. The van der Waals surface area contributed by atoms with Gasteiger partial charge in [0.15, 0.2) is 0 Å². The molecule has 0 bridgehead atoms. The van der Waals surface area contributed by atoms with Gasteiger partial charge < -0.3 is 5.32 Å². The van der Waals surface area contributed by atoms with Crippen LogP contribution in [0.5, 0.6) is 0 Å². The van der Waals surface area contributed by atoms with Crippen LogP contribution in [0.4, 0.5) is 0 Å². The largest absolute Gasteiger partial charge is 0.311 e. The predicted molar refractivity (Wildman–Crippen MR) is 88.4 cm³/mol. The summed E-state index contributed by atoms with van der Waals surface area (Å²) in [6.45, 7) is 12.7. The summed E-state index contributed by atoms with van der Waals surface area (Å²) in [6.07, 6.45) is 5.42. The molecule has 1 saturated heterocycles. The molecule has 120 valence electrons. The first-order valence-corrected chi connectivity index (χ1v) is 8.47. The molecule has 4 nitrogen and oxygen atoms in total. The van der Waals surface area contributed by atoms with Gasteiger partial charge in [0.25, 0.3) is 0 Å². The highest BCUT2D eigenvalue weighted by Crippen LogP contribution is 2.28. The van der Waals surface area contributed by atoms with Gasteiger partial charge in [-0.3, -0.25) is 9.58 Å². The van der Waals surface area contributed by atoms with Gasteiger partial charge in [-0.05, 0) is 24.8 Å². The zero-order valence-electron chi connectivity index (χ0n) is 14.4.